The lowest BCUT2D eigenvalue weighted by Gasteiger charge is -2.38. The Morgan fingerprint density at radius 1 is 1.59 bits per heavy atom. The van der Waals surface area contributed by atoms with Crippen molar-refractivity contribution in [1.82, 2.24) is 19.5 Å². The Labute approximate surface area is 135 Å². The van der Waals surface area contributed by atoms with Gasteiger partial charge in [-0.05, 0) is 0 Å². The summed E-state index contributed by atoms with van der Waals surface area (Å²) in [6, 6.07) is 0. The van der Waals surface area contributed by atoms with E-state index >= 15 is 0 Å². The number of aromatic nitrogens is 4. The zero-order valence-electron chi connectivity index (χ0n) is 11.1. The summed E-state index contributed by atoms with van der Waals surface area (Å²) in [6.45, 7) is -0.310. The predicted molar refractivity (Wildman–Crippen MR) is 81.9 cm³/mol. The second-order valence-electron chi connectivity index (χ2n) is 4.72. The molecule has 1 unspecified atom stereocenters. The van der Waals surface area contributed by atoms with Gasteiger partial charge in [-0.2, -0.15) is 0 Å². The highest BCUT2D eigenvalue weighted by molar-refractivity contribution is 8.50. The van der Waals surface area contributed by atoms with Crippen molar-refractivity contribution in [3.05, 3.63) is 12.7 Å². The van der Waals surface area contributed by atoms with Gasteiger partial charge < -0.3 is 37.2 Å². The van der Waals surface area contributed by atoms with Gasteiger partial charge in [-0.3, -0.25) is 4.57 Å². The van der Waals surface area contributed by atoms with Crippen LogP contribution in [0.15, 0.2) is 12.7 Å². The number of nitrogen functional groups attached to an aromatic ring is 1. The first-order chi connectivity index (χ1) is 10.4. The molecule has 4 atom stereocenters. The normalized spacial score (nSPS) is 28.0. The third-order valence-electron chi connectivity index (χ3n) is 3.32. The van der Waals surface area contributed by atoms with Gasteiger partial charge in [0.25, 0.3) is 0 Å². The molecule has 9 nitrogen and oxygen atoms in total. The minimum atomic E-state index is -3.52. The Kier molecular flexibility index (Phi) is 4.38. The molecule has 3 heterocycles. The number of hydrogen-bond acceptors (Lipinski definition) is 10. The van der Waals surface area contributed by atoms with Gasteiger partial charge >= 0.3 is 0 Å². The number of nitrogens with zero attached hydrogens (tertiary/aromatic N) is 4. The van der Waals surface area contributed by atoms with Crippen molar-refractivity contribution in [2.75, 3.05) is 12.3 Å². The zero-order chi connectivity index (χ0) is 15.9. The zero-order valence-corrected chi connectivity index (χ0v) is 13.6. The van der Waals surface area contributed by atoms with Crippen LogP contribution >= 0.6 is 5.69 Å². The summed E-state index contributed by atoms with van der Waals surface area (Å²) in [6.07, 6.45) is 1.28. The van der Waals surface area contributed by atoms with Gasteiger partial charge in [0.2, 0.25) is 0 Å². The SMILES string of the molecule is Nc1ncnc2c1ncn2[C@H]1C[C@H](OP([O-])(=S)[S-])[C@@H](CO)O1. The van der Waals surface area contributed by atoms with E-state index in [1.807, 2.05) is 0 Å². The fourth-order valence-electron chi connectivity index (χ4n) is 2.39. The van der Waals surface area contributed by atoms with Crippen molar-refractivity contribution >= 4 is 46.7 Å². The van der Waals surface area contributed by atoms with E-state index in [4.69, 9.17) is 15.0 Å². The van der Waals surface area contributed by atoms with Crippen molar-refractivity contribution in [1.29, 1.82) is 0 Å². The smallest absolute Gasteiger partial charge is 0.167 e. The van der Waals surface area contributed by atoms with E-state index in [0.29, 0.717) is 17.6 Å². The first kappa shape index (κ1) is 16.1. The minimum absolute atomic E-state index is 0.258. The average Bonchev–Trinajstić information content (AvgIpc) is 3.01. The maximum absolute atomic E-state index is 11.5. The summed E-state index contributed by atoms with van der Waals surface area (Å²) >= 11 is 9.22. The number of imidazole rings is 1. The van der Waals surface area contributed by atoms with E-state index < -0.39 is 24.1 Å². The lowest BCUT2D eigenvalue weighted by atomic mass is 10.2. The van der Waals surface area contributed by atoms with Crippen LogP contribution in [-0.2, 0) is 33.3 Å². The van der Waals surface area contributed by atoms with Crippen molar-refractivity contribution < 1.29 is 19.3 Å². The van der Waals surface area contributed by atoms with Gasteiger partial charge in [0.1, 0.15) is 24.2 Å². The predicted octanol–water partition coefficient (Wildman–Crippen LogP) is -0.795. The molecule has 0 aromatic carbocycles. The highest BCUT2D eigenvalue weighted by atomic mass is 32.9. The largest absolute Gasteiger partial charge is 0.819 e. The number of aliphatic hydroxyl groups excluding tert-OH is 1. The molecule has 2 aromatic heterocycles. The Hall–Kier alpha value is -0.810. The maximum atomic E-state index is 11.5. The van der Waals surface area contributed by atoms with Gasteiger partial charge in [0.05, 0.1) is 19.0 Å². The maximum Gasteiger partial charge on any atom is 0.167 e. The van der Waals surface area contributed by atoms with Crippen LogP contribution in [0.2, 0.25) is 0 Å². The molecule has 1 fully saturated rings. The highest BCUT2D eigenvalue weighted by Gasteiger charge is 2.37. The molecular formula is C10H12N5O4PS2-2. The monoisotopic (exact) mass is 361 g/mol. The van der Waals surface area contributed by atoms with Crippen LogP contribution in [0.4, 0.5) is 5.82 Å². The molecule has 1 aliphatic rings. The summed E-state index contributed by atoms with van der Waals surface area (Å²) in [4.78, 5) is 23.6. The fourth-order valence-corrected chi connectivity index (χ4v) is 3.61. The molecule has 1 aliphatic heterocycles. The molecule has 0 radical (unpaired) electrons. The van der Waals surface area contributed by atoms with Gasteiger partial charge in [0.15, 0.2) is 11.5 Å². The highest BCUT2D eigenvalue weighted by Crippen LogP contribution is 2.42. The molecule has 3 N–H and O–H groups in total. The van der Waals surface area contributed by atoms with E-state index in [2.05, 4.69) is 39.0 Å². The van der Waals surface area contributed by atoms with Crippen molar-refractivity contribution in [3.8, 4) is 0 Å². The summed E-state index contributed by atoms with van der Waals surface area (Å²) in [5.41, 5.74) is 3.16. The molecule has 2 aromatic rings. The van der Waals surface area contributed by atoms with Crippen LogP contribution < -0.4 is 10.6 Å². The summed E-state index contributed by atoms with van der Waals surface area (Å²) in [7, 11) is 0. The molecule has 0 amide bonds. The standard InChI is InChI=1S/C10H14N5O4PS2/c11-9-8-10(13-3-12-9)15(4-14-8)7-1-5(6(2-16)18-7)19-20(17,21)22/h3-7,16H,1-2H2,(H2,11,12,13)(H2,17,21,22)/p-2/t5-,6+,7+/m0/s1. The minimum Gasteiger partial charge on any atom is -0.819 e. The molecule has 22 heavy (non-hydrogen) atoms. The van der Waals surface area contributed by atoms with Crippen LogP contribution in [0.3, 0.4) is 0 Å². The third kappa shape index (κ3) is 3.11. The number of nitrogens with two attached hydrogens (primary N) is 1. The van der Waals surface area contributed by atoms with E-state index in [-0.39, 0.29) is 12.4 Å². The summed E-state index contributed by atoms with van der Waals surface area (Å²) < 4.78 is 12.5. The first-order valence-electron chi connectivity index (χ1n) is 6.29. The van der Waals surface area contributed by atoms with Gasteiger partial charge in [-0.15, -0.1) is 17.5 Å². The number of rotatable bonds is 4. The van der Waals surface area contributed by atoms with Crippen LogP contribution in [0, 0.1) is 0 Å². The van der Waals surface area contributed by atoms with Crippen molar-refractivity contribution in [2.24, 2.45) is 0 Å². The summed E-state index contributed by atoms with van der Waals surface area (Å²) in [5, 5.41) is 9.37. The second-order valence-corrected chi connectivity index (χ2v) is 9.40. The molecule has 3 rings (SSSR count). The summed E-state index contributed by atoms with van der Waals surface area (Å²) in [5.74, 6) is 0.258. The molecule has 0 bridgehead atoms. The topological polar surface area (TPSA) is 131 Å². The lowest BCUT2D eigenvalue weighted by Crippen LogP contribution is -2.28. The number of anilines is 1. The van der Waals surface area contributed by atoms with E-state index in [1.54, 1.807) is 4.57 Å². The van der Waals surface area contributed by atoms with Crippen LogP contribution in [-0.4, -0.2) is 43.4 Å². The number of fused-ring (bicyclic) bond motifs is 1. The third-order valence-corrected chi connectivity index (χ3v) is 4.37. The Bertz CT molecular complexity index is 737. The second kappa shape index (κ2) is 6.00. The fraction of sp³-hybridized carbons (Fsp3) is 0.500. The molecule has 1 saturated heterocycles. The Morgan fingerprint density at radius 3 is 3.05 bits per heavy atom. The van der Waals surface area contributed by atoms with Crippen LogP contribution in [0.5, 0.6) is 0 Å². The van der Waals surface area contributed by atoms with Gasteiger partial charge in [-0.25, -0.2) is 15.0 Å². The molecule has 0 saturated carbocycles. The molecular weight excluding hydrogens is 349 g/mol. The van der Waals surface area contributed by atoms with E-state index in [0.717, 1.165) is 0 Å². The molecule has 0 spiro atoms. The van der Waals surface area contributed by atoms with Gasteiger partial charge in [-0.1, -0.05) is 0 Å². The van der Waals surface area contributed by atoms with Crippen LogP contribution in [0.1, 0.15) is 12.6 Å². The van der Waals surface area contributed by atoms with Gasteiger partial charge in [0, 0.05) is 6.42 Å². The van der Waals surface area contributed by atoms with Crippen LogP contribution in [0.25, 0.3) is 11.2 Å². The Morgan fingerprint density at radius 2 is 2.36 bits per heavy atom. The lowest BCUT2D eigenvalue weighted by molar-refractivity contribution is -0.180. The molecule has 120 valence electrons. The average molecular weight is 361 g/mol. The quantitative estimate of drug-likeness (QED) is 0.527. The van der Waals surface area contributed by atoms with E-state index in [1.165, 1.54) is 12.7 Å². The number of aliphatic hydroxyl groups is 1. The molecule has 12 heteroatoms. The first-order valence-corrected chi connectivity index (χ1v) is 9.94. The van der Waals surface area contributed by atoms with E-state index in [9.17, 15) is 10.00 Å². The van der Waals surface area contributed by atoms with Crippen molar-refractivity contribution in [2.45, 2.75) is 24.9 Å². The number of ether oxygens (including phenoxy) is 1. The Balaban J connectivity index is 1.89. The number of hydrogen-bond donors (Lipinski definition) is 2. The van der Waals surface area contributed by atoms with Crippen molar-refractivity contribution in [3.63, 3.8) is 0 Å². The molecule has 0 aliphatic carbocycles.